The van der Waals surface area contributed by atoms with Gasteiger partial charge in [-0.3, -0.25) is 19.6 Å². The van der Waals surface area contributed by atoms with Crippen LogP contribution in [0.1, 0.15) is 21.5 Å². The lowest BCUT2D eigenvalue weighted by Gasteiger charge is -2.09. The van der Waals surface area contributed by atoms with Crippen molar-refractivity contribution in [3.8, 4) is 0 Å². The van der Waals surface area contributed by atoms with Gasteiger partial charge in [-0.25, -0.2) is 0 Å². The molecule has 3 rings (SSSR count). The largest absolute Gasteiger partial charge is 0.375 e. The van der Waals surface area contributed by atoms with E-state index in [2.05, 4.69) is 10.4 Å². The van der Waals surface area contributed by atoms with Gasteiger partial charge in [-0.2, -0.15) is 5.10 Å². The summed E-state index contributed by atoms with van der Waals surface area (Å²) in [4.78, 5) is 21.9. The highest BCUT2D eigenvalue weighted by atomic mass is 16.6. The second-order valence-corrected chi connectivity index (χ2v) is 5.73. The van der Waals surface area contributed by atoms with Gasteiger partial charge in [0.1, 0.15) is 5.69 Å². The normalized spacial score (nSPS) is 10.5. The molecule has 0 aliphatic rings. The van der Waals surface area contributed by atoms with E-state index in [9.17, 15) is 14.9 Å². The van der Waals surface area contributed by atoms with E-state index in [-0.39, 0.29) is 11.3 Å². The maximum absolute atomic E-state index is 11.2. The summed E-state index contributed by atoms with van der Waals surface area (Å²) in [5.74, 6) is -0.701. The monoisotopic (exact) mass is 351 g/mol. The van der Waals surface area contributed by atoms with Crippen LogP contribution in [0.25, 0.3) is 0 Å². The molecule has 0 atom stereocenters. The minimum absolute atomic E-state index is 0.102. The molecule has 8 heteroatoms. The van der Waals surface area contributed by atoms with Gasteiger partial charge in [0.25, 0.3) is 5.69 Å². The number of nitro groups is 1. The van der Waals surface area contributed by atoms with Crippen LogP contribution in [-0.4, -0.2) is 20.6 Å². The van der Waals surface area contributed by atoms with Crippen LogP contribution in [-0.2, 0) is 13.1 Å². The molecule has 0 saturated carbocycles. The summed E-state index contributed by atoms with van der Waals surface area (Å²) in [6, 6.07) is 13.9. The Kier molecular flexibility index (Phi) is 4.93. The molecule has 2 aromatic carbocycles. The van der Waals surface area contributed by atoms with Crippen molar-refractivity contribution in [2.75, 3.05) is 5.32 Å². The Labute approximate surface area is 149 Å². The molecule has 1 aromatic heterocycles. The van der Waals surface area contributed by atoms with Crippen molar-refractivity contribution in [3.63, 3.8) is 0 Å². The predicted octanol–water partition coefficient (Wildman–Crippen LogP) is 2.55. The number of primary amides is 1. The summed E-state index contributed by atoms with van der Waals surface area (Å²) in [5, 5.41) is 18.4. The Morgan fingerprint density at radius 1 is 1.19 bits per heavy atom. The van der Waals surface area contributed by atoms with Gasteiger partial charge in [0.15, 0.2) is 0 Å². The molecule has 3 N–H and O–H groups in total. The minimum atomic E-state index is -0.701. The van der Waals surface area contributed by atoms with Crippen LogP contribution < -0.4 is 11.1 Å². The number of amides is 1. The van der Waals surface area contributed by atoms with Crippen molar-refractivity contribution in [2.24, 2.45) is 5.73 Å². The first-order valence-corrected chi connectivity index (χ1v) is 7.90. The highest BCUT2D eigenvalue weighted by Gasteiger charge is 2.16. The lowest BCUT2D eigenvalue weighted by molar-refractivity contribution is -0.384. The van der Waals surface area contributed by atoms with Gasteiger partial charge >= 0.3 is 0 Å². The van der Waals surface area contributed by atoms with Crippen molar-refractivity contribution in [1.29, 1.82) is 0 Å². The number of carbonyl (C=O) groups is 1. The molecule has 0 unspecified atom stereocenters. The van der Waals surface area contributed by atoms with Crippen molar-refractivity contribution in [1.82, 2.24) is 9.78 Å². The molecule has 3 aromatic rings. The lowest BCUT2D eigenvalue weighted by atomic mass is 10.1. The van der Waals surface area contributed by atoms with E-state index in [0.717, 1.165) is 11.1 Å². The van der Waals surface area contributed by atoms with Gasteiger partial charge in [0.2, 0.25) is 5.91 Å². The lowest BCUT2D eigenvalue weighted by Crippen LogP contribution is -2.12. The summed E-state index contributed by atoms with van der Waals surface area (Å²) in [7, 11) is 0. The van der Waals surface area contributed by atoms with Gasteiger partial charge in [0.05, 0.1) is 11.5 Å². The number of nitrogens with zero attached hydrogens (tertiary/aromatic N) is 3. The fourth-order valence-corrected chi connectivity index (χ4v) is 2.53. The third-order valence-corrected chi connectivity index (χ3v) is 3.89. The fraction of sp³-hybridized carbons (Fsp3) is 0.111. The van der Waals surface area contributed by atoms with Crippen molar-refractivity contribution in [3.05, 3.63) is 87.7 Å². The van der Waals surface area contributed by atoms with E-state index in [0.29, 0.717) is 18.8 Å². The zero-order valence-corrected chi connectivity index (χ0v) is 13.8. The van der Waals surface area contributed by atoms with Crippen LogP contribution >= 0.6 is 0 Å². The molecule has 0 fully saturated rings. The molecular weight excluding hydrogens is 334 g/mol. The third kappa shape index (κ3) is 4.04. The molecule has 0 spiro atoms. The van der Waals surface area contributed by atoms with Crippen molar-refractivity contribution >= 4 is 17.3 Å². The number of rotatable bonds is 7. The SMILES string of the molecule is NC(=O)c1ccc(NCc2ccc(Cn3cccn3)cc2)c([N+](=O)[O-])c1. The molecule has 26 heavy (non-hydrogen) atoms. The van der Waals surface area contributed by atoms with Crippen molar-refractivity contribution in [2.45, 2.75) is 13.1 Å². The Bertz CT molecular complexity index is 921. The molecule has 0 aliphatic carbocycles. The van der Waals surface area contributed by atoms with E-state index in [1.165, 1.54) is 18.2 Å². The first-order chi connectivity index (χ1) is 12.5. The Morgan fingerprint density at radius 3 is 2.54 bits per heavy atom. The fourth-order valence-electron chi connectivity index (χ4n) is 2.53. The predicted molar refractivity (Wildman–Crippen MR) is 96.7 cm³/mol. The quantitative estimate of drug-likeness (QED) is 0.501. The van der Waals surface area contributed by atoms with Gasteiger partial charge in [0, 0.05) is 30.6 Å². The highest BCUT2D eigenvalue weighted by Crippen LogP contribution is 2.26. The molecule has 0 aliphatic heterocycles. The number of nitro benzene ring substituents is 1. The van der Waals surface area contributed by atoms with Crippen LogP contribution in [0.2, 0.25) is 0 Å². The number of anilines is 1. The van der Waals surface area contributed by atoms with Gasteiger partial charge < -0.3 is 11.1 Å². The van der Waals surface area contributed by atoms with Crippen molar-refractivity contribution < 1.29 is 9.72 Å². The molecule has 0 radical (unpaired) electrons. The number of nitrogens with two attached hydrogens (primary N) is 1. The van der Waals surface area contributed by atoms with Crippen LogP contribution in [0.4, 0.5) is 11.4 Å². The zero-order valence-electron chi connectivity index (χ0n) is 13.8. The van der Waals surface area contributed by atoms with E-state index < -0.39 is 10.8 Å². The van der Waals surface area contributed by atoms with Gasteiger partial charge in [-0.15, -0.1) is 0 Å². The van der Waals surface area contributed by atoms with Crippen LogP contribution in [0.5, 0.6) is 0 Å². The van der Waals surface area contributed by atoms with Gasteiger partial charge in [-0.1, -0.05) is 24.3 Å². The summed E-state index contributed by atoms with van der Waals surface area (Å²) in [6.45, 7) is 1.10. The number of hydrogen-bond acceptors (Lipinski definition) is 5. The van der Waals surface area contributed by atoms with E-state index in [1.54, 1.807) is 6.20 Å². The summed E-state index contributed by atoms with van der Waals surface area (Å²) < 4.78 is 1.83. The van der Waals surface area contributed by atoms with Crippen LogP contribution in [0.3, 0.4) is 0 Å². The number of nitrogens with one attached hydrogen (secondary N) is 1. The average molecular weight is 351 g/mol. The summed E-state index contributed by atoms with van der Waals surface area (Å²) in [6.07, 6.45) is 3.62. The topological polar surface area (TPSA) is 116 Å². The molecule has 1 heterocycles. The molecular formula is C18H17N5O3. The number of aromatic nitrogens is 2. The number of carbonyl (C=O) groups excluding carboxylic acids is 1. The minimum Gasteiger partial charge on any atom is -0.375 e. The Hall–Kier alpha value is -3.68. The zero-order chi connectivity index (χ0) is 18.5. The maximum Gasteiger partial charge on any atom is 0.293 e. The second kappa shape index (κ2) is 7.47. The Balaban J connectivity index is 1.68. The van der Waals surface area contributed by atoms with E-state index in [4.69, 9.17) is 5.73 Å². The summed E-state index contributed by atoms with van der Waals surface area (Å²) >= 11 is 0. The highest BCUT2D eigenvalue weighted by molar-refractivity contribution is 5.94. The first-order valence-electron chi connectivity index (χ1n) is 7.90. The molecule has 8 nitrogen and oxygen atoms in total. The molecule has 0 bridgehead atoms. The summed E-state index contributed by atoms with van der Waals surface area (Å²) in [5.41, 5.74) is 7.50. The first kappa shape index (κ1) is 17.2. The third-order valence-electron chi connectivity index (χ3n) is 3.89. The average Bonchev–Trinajstić information content (AvgIpc) is 3.14. The number of hydrogen-bond donors (Lipinski definition) is 2. The smallest absolute Gasteiger partial charge is 0.293 e. The van der Waals surface area contributed by atoms with Crippen LogP contribution in [0.15, 0.2) is 60.9 Å². The maximum atomic E-state index is 11.2. The second-order valence-electron chi connectivity index (χ2n) is 5.73. The number of benzene rings is 2. The molecule has 1 amide bonds. The standard InChI is InChI=1S/C18H17N5O3/c19-18(24)15-6-7-16(17(10-15)23(25)26)20-11-13-2-4-14(5-3-13)12-22-9-1-8-21-22/h1-10,20H,11-12H2,(H2,19,24). The van der Waals surface area contributed by atoms with E-state index in [1.807, 2.05) is 41.2 Å². The molecule has 0 saturated heterocycles. The van der Waals surface area contributed by atoms with Crippen LogP contribution in [0, 0.1) is 10.1 Å². The van der Waals surface area contributed by atoms with Gasteiger partial charge in [-0.05, 0) is 29.3 Å². The Morgan fingerprint density at radius 2 is 1.92 bits per heavy atom. The molecule has 132 valence electrons. The van der Waals surface area contributed by atoms with E-state index >= 15 is 0 Å².